The van der Waals surface area contributed by atoms with Gasteiger partial charge in [0.1, 0.15) is 0 Å². The zero-order chi connectivity index (χ0) is 13.7. The highest BCUT2D eigenvalue weighted by molar-refractivity contribution is 5.85. The number of ether oxygens (including phenoxy) is 1. The van der Waals surface area contributed by atoms with Crippen LogP contribution in [0.5, 0.6) is 0 Å². The molecule has 102 valence electrons. The van der Waals surface area contributed by atoms with Gasteiger partial charge in [0.15, 0.2) is 6.04 Å². The van der Waals surface area contributed by atoms with Gasteiger partial charge in [0.2, 0.25) is 5.91 Å². The van der Waals surface area contributed by atoms with E-state index in [0.29, 0.717) is 18.8 Å². The van der Waals surface area contributed by atoms with Gasteiger partial charge in [-0.2, -0.15) is 0 Å². The van der Waals surface area contributed by atoms with Crippen molar-refractivity contribution in [3.05, 3.63) is 35.9 Å². The average molecular weight is 263 g/mol. The van der Waals surface area contributed by atoms with Crippen LogP contribution >= 0.6 is 0 Å². The first-order valence-electron chi connectivity index (χ1n) is 6.34. The predicted octanol–water partition coefficient (Wildman–Crippen LogP) is 1.36. The third-order valence-corrected chi connectivity index (χ3v) is 3.20. The minimum atomic E-state index is -1.06. The van der Waals surface area contributed by atoms with Crippen LogP contribution in [0.3, 0.4) is 0 Å². The number of benzene rings is 1. The van der Waals surface area contributed by atoms with E-state index in [-0.39, 0.29) is 11.8 Å². The minimum Gasteiger partial charge on any atom is -0.479 e. The minimum absolute atomic E-state index is 0.251. The Labute approximate surface area is 111 Å². The first-order chi connectivity index (χ1) is 9.18. The summed E-state index contributed by atoms with van der Waals surface area (Å²) in [6.07, 6.45) is 1.58. The van der Waals surface area contributed by atoms with Gasteiger partial charge in [-0.05, 0) is 18.4 Å². The Morgan fingerprint density at radius 1 is 1.32 bits per heavy atom. The first kappa shape index (κ1) is 13.5. The summed E-state index contributed by atoms with van der Waals surface area (Å²) in [4.78, 5) is 23.3. The Morgan fingerprint density at radius 3 is 2.63 bits per heavy atom. The number of hydrogen-bond donors (Lipinski definition) is 2. The maximum absolute atomic E-state index is 12.0. The summed E-state index contributed by atoms with van der Waals surface area (Å²) in [5, 5.41) is 11.8. The Morgan fingerprint density at radius 2 is 2.05 bits per heavy atom. The van der Waals surface area contributed by atoms with Crippen LogP contribution in [0.25, 0.3) is 0 Å². The number of carboxylic acid groups (broad SMARTS) is 1. The molecule has 19 heavy (non-hydrogen) atoms. The van der Waals surface area contributed by atoms with E-state index in [0.717, 1.165) is 12.8 Å². The van der Waals surface area contributed by atoms with Gasteiger partial charge in [-0.1, -0.05) is 30.3 Å². The van der Waals surface area contributed by atoms with Crippen molar-refractivity contribution in [3.8, 4) is 0 Å². The smallest absolute Gasteiger partial charge is 0.330 e. The number of rotatable bonds is 4. The Kier molecular flexibility index (Phi) is 4.52. The number of carbonyl (C=O) groups excluding carboxylic acids is 1. The van der Waals surface area contributed by atoms with Gasteiger partial charge in [-0.15, -0.1) is 0 Å². The first-order valence-corrected chi connectivity index (χ1v) is 6.34. The quantitative estimate of drug-likeness (QED) is 0.860. The molecule has 1 aliphatic heterocycles. The van der Waals surface area contributed by atoms with E-state index in [2.05, 4.69) is 5.32 Å². The summed E-state index contributed by atoms with van der Waals surface area (Å²) in [7, 11) is 0. The molecule has 5 heteroatoms. The second-order valence-corrected chi connectivity index (χ2v) is 4.60. The Bertz CT molecular complexity index is 440. The fraction of sp³-hybridized carbons (Fsp3) is 0.429. The van der Waals surface area contributed by atoms with E-state index < -0.39 is 12.0 Å². The van der Waals surface area contributed by atoms with Gasteiger partial charge >= 0.3 is 5.97 Å². The van der Waals surface area contributed by atoms with E-state index in [1.165, 1.54) is 0 Å². The topological polar surface area (TPSA) is 75.6 Å². The maximum atomic E-state index is 12.0. The standard InChI is InChI=1S/C14H17NO4/c16-13(11-7-4-8-19-9-11)15-12(14(17)18)10-5-2-1-3-6-10/h1-3,5-6,11-12H,4,7-9H2,(H,15,16)(H,17,18)/t11-,12+/m0/s1. The van der Waals surface area contributed by atoms with Crippen molar-refractivity contribution in [1.29, 1.82) is 0 Å². The van der Waals surface area contributed by atoms with E-state index >= 15 is 0 Å². The van der Waals surface area contributed by atoms with Crippen LogP contribution in [0.1, 0.15) is 24.4 Å². The number of carbonyl (C=O) groups is 2. The molecule has 2 rings (SSSR count). The second-order valence-electron chi connectivity index (χ2n) is 4.60. The number of carboxylic acids is 1. The highest BCUT2D eigenvalue weighted by Gasteiger charge is 2.27. The second kappa shape index (κ2) is 6.33. The summed E-state index contributed by atoms with van der Waals surface area (Å²) < 4.78 is 5.24. The Balaban J connectivity index is 2.04. The van der Waals surface area contributed by atoms with Crippen molar-refractivity contribution in [3.63, 3.8) is 0 Å². The van der Waals surface area contributed by atoms with Crippen LogP contribution in [-0.2, 0) is 14.3 Å². The van der Waals surface area contributed by atoms with Crippen LogP contribution < -0.4 is 5.32 Å². The fourth-order valence-corrected chi connectivity index (χ4v) is 2.14. The molecular formula is C14H17NO4. The van der Waals surface area contributed by atoms with E-state index in [1.807, 2.05) is 0 Å². The van der Waals surface area contributed by atoms with Gasteiger partial charge in [0.05, 0.1) is 12.5 Å². The largest absolute Gasteiger partial charge is 0.479 e. The van der Waals surface area contributed by atoms with Crippen LogP contribution in [0, 0.1) is 5.92 Å². The van der Waals surface area contributed by atoms with E-state index in [1.54, 1.807) is 30.3 Å². The normalized spacial score (nSPS) is 20.5. The van der Waals surface area contributed by atoms with Crippen molar-refractivity contribution in [2.24, 2.45) is 5.92 Å². The summed E-state index contributed by atoms with van der Waals surface area (Å²) >= 11 is 0. The highest BCUT2D eigenvalue weighted by atomic mass is 16.5. The number of nitrogens with one attached hydrogen (secondary N) is 1. The third kappa shape index (κ3) is 3.54. The number of amides is 1. The molecule has 1 aromatic carbocycles. The van der Waals surface area contributed by atoms with Gasteiger partial charge in [-0.3, -0.25) is 4.79 Å². The molecule has 0 aromatic heterocycles. The molecule has 2 N–H and O–H groups in total. The van der Waals surface area contributed by atoms with Gasteiger partial charge in [-0.25, -0.2) is 4.79 Å². The predicted molar refractivity (Wildman–Crippen MR) is 68.5 cm³/mol. The molecule has 1 aliphatic rings. The van der Waals surface area contributed by atoms with Gasteiger partial charge in [0.25, 0.3) is 0 Å². The zero-order valence-corrected chi connectivity index (χ0v) is 10.5. The molecule has 0 spiro atoms. The molecule has 0 aliphatic carbocycles. The van der Waals surface area contributed by atoms with Crippen molar-refractivity contribution in [2.75, 3.05) is 13.2 Å². The monoisotopic (exact) mass is 263 g/mol. The molecule has 0 bridgehead atoms. The summed E-state index contributed by atoms with van der Waals surface area (Å²) in [5.74, 6) is -1.56. The van der Waals surface area contributed by atoms with Gasteiger partial charge < -0.3 is 15.2 Å². The molecule has 0 saturated carbocycles. The molecule has 1 amide bonds. The van der Waals surface area contributed by atoms with Crippen molar-refractivity contribution in [1.82, 2.24) is 5.32 Å². The SMILES string of the molecule is O=C(N[C@@H](C(=O)O)c1ccccc1)[C@H]1CCCOC1. The summed E-state index contributed by atoms with van der Waals surface area (Å²) in [5.41, 5.74) is 0.570. The molecule has 0 unspecified atom stereocenters. The third-order valence-electron chi connectivity index (χ3n) is 3.20. The summed E-state index contributed by atoms with van der Waals surface area (Å²) in [6.45, 7) is 1.04. The molecule has 0 radical (unpaired) electrons. The average Bonchev–Trinajstić information content (AvgIpc) is 2.46. The van der Waals surface area contributed by atoms with Crippen LogP contribution in [0.2, 0.25) is 0 Å². The summed E-state index contributed by atoms with van der Waals surface area (Å²) in [6, 6.07) is 7.68. The lowest BCUT2D eigenvalue weighted by Gasteiger charge is -2.23. The molecule has 1 aromatic rings. The van der Waals surface area contributed by atoms with Crippen molar-refractivity contribution < 1.29 is 19.4 Å². The lowest BCUT2D eigenvalue weighted by molar-refractivity contribution is -0.143. The fourth-order valence-electron chi connectivity index (χ4n) is 2.14. The molecule has 1 saturated heterocycles. The lowest BCUT2D eigenvalue weighted by Crippen LogP contribution is -2.40. The van der Waals surface area contributed by atoms with E-state index in [9.17, 15) is 14.7 Å². The molecule has 5 nitrogen and oxygen atoms in total. The van der Waals surface area contributed by atoms with Crippen LogP contribution in [0.4, 0.5) is 0 Å². The molecule has 1 heterocycles. The zero-order valence-electron chi connectivity index (χ0n) is 10.5. The lowest BCUT2D eigenvalue weighted by atomic mass is 10.00. The van der Waals surface area contributed by atoms with Crippen LogP contribution in [-0.4, -0.2) is 30.2 Å². The number of aliphatic carboxylic acids is 1. The number of hydrogen-bond acceptors (Lipinski definition) is 3. The van der Waals surface area contributed by atoms with Gasteiger partial charge in [0, 0.05) is 6.61 Å². The van der Waals surface area contributed by atoms with Crippen molar-refractivity contribution in [2.45, 2.75) is 18.9 Å². The maximum Gasteiger partial charge on any atom is 0.330 e. The van der Waals surface area contributed by atoms with E-state index in [4.69, 9.17) is 4.74 Å². The molecule has 1 fully saturated rings. The highest BCUT2D eigenvalue weighted by Crippen LogP contribution is 2.17. The van der Waals surface area contributed by atoms with Crippen molar-refractivity contribution >= 4 is 11.9 Å². The Hall–Kier alpha value is -1.88. The molecular weight excluding hydrogens is 246 g/mol. The van der Waals surface area contributed by atoms with Crippen LogP contribution in [0.15, 0.2) is 30.3 Å². The molecule has 2 atom stereocenters.